The molecule has 5 heteroatoms. The standard InChI is InChI=1S/C12H21N3OS/c1-6-8(3)15(9(4)7-2)12(16)11-13-10(5)14-17-11/h8-9H,6-7H2,1-5H3. The molecule has 0 aliphatic carbocycles. The summed E-state index contributed by atoms with van der Waals surface area (Å²) in [5, 5.41) is 0.503. The predicted octanol–water partition coefficient (Wildman–Crippen LogP) is 2.89. The van der Waals surface area contributed by atoms with Crippen LogP contribution in [0.5, 0.6) is 0 Å². The third-order valence-electron chi connectivity index (χ3n) is 3.08. The number of nitrogens with zero attached hydrogens (tertiary/aromatic N) is 3. The molecular formula is C12H21N3OS. The molecular weight excluding hydrogens is 234 g/mol. The van der Waals surface area contributed by atoms with Gasteiger partial charge in [0.1, 0.15) is 5.82 Å². The molecule has 17 heavy (non-hydrogen) atoms. The van der Waals surface area contributed by atoms with Crippen molar-refractivity contribution in [3.8, 4) is 0 Å². The minimum atomic E-state index is 0.0132. The first-order valence-corrected chi connectivity index (χ1v) is 6.91. The van der Waals surface area contributed by atoms with Gasteiger partial charge in [0.15, 0.2) is 0 Å². The monoisotopic (exact) mass is 255 g/mol. The van der Waals surface area contributed by atoms with Crippen LogP contribution < -0.4 is 0 Å². The molecule has 1 amide bonds. The first-order chi connectivity index (χ1) is 8.01. The van der Waals surface area contributed by atoms with Crippen LogP contribution in [0.2, 0.25) is 0 Å². The number of rotatable bonds is 5. The summed E-state index contributed by atoms with van der Waals surface area (Å²) >= 11 is 1.19. The van der Waals surface area contributed by atoms with E-state index in [4.69, 9.17) is 0 Å². The van der Waals surface area contributed by atoms with E-state index in [2.05, 4.69) is 37.1 Å². The van der Waals surface area contributed by atoms with Crippen molar-refractivity contribution >= 4 is 17.4 Å². The Hall–Kier alpha value is -0.970. The Morgan fingerprint density at radius 2 is 1.82 bits per heavy atom. The molecule has 0 bridgehead atoms. The summed E-state index contributed by atoms with van der Waals surface area (Å²) in [4.78, 5) is 18.5. The summed E-state index contributed by atoms with van der Waals surface area (Å²) in [6, 6.07) is 0.475. The highest BCUT2D eigenvalue weighted by Crippen LogP contribution is 2.17. The minimum Gasteiger partial charge on any atom is -0.331 e. The highest BCUT2D eigenvalue weighted by Gasteiger charge is 2.26. The average molecular weight is 255 g/mol. The zero-order valence-corrected chi connectivity index (χ0v) is 12.0. The van der Waals surface area contributed by atoms with Gasteiger partial charge in [-0.3, -0.25) is 4.79 Å². The van der Waals surface area contributed by atoms with Crippen LogP contribution in [0, 0.1) is 6.92 Å². The van der Waals surface area contributed by atoms with Gasteiger partial charge in [0, 0.05) is 12.1 Å². The Balaban J connectivity index is 2.94. The van der Waals surface area contributed by atoms with Gasteiger partial charge in [-0.2, -0.15) is 4.37 Å². The topological polar surface area (TPSA) is 46.1 Å². The Labute approximate surface area is 107 Å². The number of carbonyl (C=O) groups excluding carboxylic acids is 1. The normalized spacial score (nSPS) is 14.4. The SMILES string of the molecule is CCC(C)N(C(=O)c1nc(C)ns1)C(C)CC. The molecule has 0 N–H and O–H groups in total. The van der Waals surface area contributed by atoms with Crippen molar-refractivity contribution in [3.63, 3.8) is 0 Å². The van der Waals surface area contributed by atoms with Crippen LogP contribution >= 0.6 is 11.5 Å². The second-order valence-corrected chi connectivity index (χ2v) is 5.13. The molecule has 0 spiro atoms. The van der Waals surface area contributed by atoms with E-state index in [0.717, 1.165) is 12.8 Å². The number of carbonyl (C=O) groups is 1. The van der Waals surface area contributed by atoms with Gasteiger partial charge in [-0.25, -0.2) is 4.98 Å². The molecule has 0 saturated carbocycles. The maximum atomic E-state index is 12.4. The van der Waals surface area contributed by atoms with Gasteiger partial charge in [0.05, 0.1) is 0 Å². The first kappa shape index (κ1) is 14.1. The van der Waals surface area contributed by atoms with Crippen LogP contribution in [0.1, 0.15) is 56.2 Å². The molecule has 1 heterocycles. The van der Waals surface area contributed by atoms with Crippen LogP contribution in [-0.2, 0) is 0 Å². The Bertz CT molecular complexity index is 368. The molecule has 2 atom stereocenters. The van der Waals surface area contributed by atoms with Crippen LogP contribution in [0.3, 0.4) is 0 Å². The van der Waals surface area contributed by atoms with Crippen molar-refractivity contribution in [2.75, 3.05) is 0 Å². The van der Waals surface area contributed by atoms with Gasteiger partial charge in [-0.15, -0.1) is 0 Å². The Morgan fingerprint density at radius 1 is 1.29 bits per heavy atom. The third kappa shape index (κ3) is 3.25. The molecule has 96 valence electrons. The van der Waals surface area contributed by atoms with E-state index in [0.29, 0.717) is 10.8 Å². The predicted molar refractivity (Wildman–Crippen MR) is 70.3 cm³/mol. The van der Waals surface area contributed by atoms with Crippen molar-refractivity contribution < 1.29 is 4.79 Å². The van der Waals surface area contributed by atoms with Gasteiger partial charge in [-0.05, 0) is 45.1 Å². The summed E-state index contributed by atoms with van der Waals surface area (Å²) in [5.41, 5.74) is 0. The fraction of sp³-hybridized carbons (Fsp3) is 0.750. The summed E-state index contributed by atoms with van der Waals surface area (Å²) < 4.78 is 4.07. The van der Waals surface area contributed by atoms with Crippen LogP contribution in [-0.4, -0.2) is 32.2 Å². The lowest BCUT2D eigenvalue weighted by molar-refractivity contribution is 0.0598. The molecule has 0 fully saturated rings. The quantitative estimate of drug-likeness (QED) is 0.812. The number of hydrogen-bond acceptors (Lipinski definition) is 4. The van der Waals surface area contributed by atoms with Crippen molar-refractivity contribution in [3.05, 3.63) is 10.8 Å². The maximum absolute atomic E-state index is 12.4. The van der Waals surface area contributed by atoms with Gasteiger partial charge in [-0.1, -0.05) is 13.8 Å². The molecule has 2 unspecified atom stereocenters. The van der Waals surface area contributed by atoms with E-state index in [-0.39, 0.29) is 18.0 Å². The number of amides is 1. The first-order valence-electron chi connectivity index (χ1n) is 6.14. The zero-order chi connectivity index (χ0) is 13.0. The van der Waals surface area contributed by atoms with Crippen molar-refractivity contribution in [2.45, 2.75) is 59.5 Å². The molecule has 0 aliphatic rings. The summed E-state index contributed by atoms with van der Waals surface area (Å²) in [5.74, 6) is 0.686. The lowest BCUT2D eigenvalue weighted by atomic mass is 10.1. The highest BCUT2D eigenvalue weighted by atomic mass is 32.1. The average Bonchev–Trinajstić information content (AvgIpc) is 2.75. The highest BCUT2D eigenvalue weighted by molar-refractivity contribution is 7.07. The van der Waals surface area contributed by atoms with E-state index in [1.165, 1.54) is 11.5 Å². The number of hydrogen-bond donors (Lipinski definition) is 0. The molecule has 0 radical (unpaired) electrons. The van der Waals surface area contributed by atoms with E-state index >= 15 is 0 Å². The number of aryl methyl sites for hydroxylation is 1. The Morgan fingerprint density at radius 3 is 2.18 bits per heavy atom. The maximum Gasteiger partial charge on any atom is 0.284 e. The van der Waals surface area contributed by atoms with Crippen molar-refractivity contribution in [1.82, 2.24) is 14.3 Å². The van der Waals surface area contributed by atoms with E-state index < -0.39 is 0 Å². The fourth-order valence-corrected chi connectivity index (χ4v) is 2.34. The summed E-state index contributed by atoms with van der Waals surface area (Å²) in [6.07, 6.45) is 1.90. The van der Waals surface area contributed by atoms with Crippen molar-refractivity contribution in [1.29, 1.82) is 0 Å². The number of aromatic nitrogens is 2. The summed E-state index contributed by atoms with van der Waals surface area (Å²) in [7, 11) is 0. The van der Waals surface area contributed by atoms with Crippen LogP contribution in [0.4, 0.5) is 0 Å². The van der Waals surface area contributed by atoms with E-state index in [9.17, 15) is 4.79 Å². The molecule has 1 rings (SSSR count). The smallest absolute Gasteiger partial charge is 0.284 e. The lowest BCUT2D eigenvalue weighted by Crippen LogP contribution is -2.44. The third-order valence-corrected chi connectivity index (χ3v) is 3.87. The molecule has 0 aromatic carbocycles. The second-order valence-electron chi connectivity index (χ2n) is 4.37. The van der Waals surface area contributed by atoms with Gasteiger partial charge in [0.2, 0.25) is 5.01 Å². The Kier molecular flexibility index (Phi) is 5.05. The fourth-order valence-electron chi connectivity index (χ4n) is 1.72. The van der Waals surface area contributed by atoms with Gasteiger partial charge < -0.3 is 4.90 Å². The molecule has 0 aliphatic heterocycles. The molecule has 4 nitrogen and oxygen atoms in total. The van der Waals surface area contributed by atoms with Gasteiger partial charge >= 0.3 is 0 Å². The van der Waals surface area contributed by atoms with Crippen molar-refractivity contribution in [2.24, 2.45) is 0 Å². The molecule has 1 aromatic rings. The largest absolute Gasteiger partial charge is 0.331 e. The van der Waals surface area contributed by atoms with Crippen LogP contribution in [0.15, 0.2) is 0 Å². The van der Waals surface area contributed by atoms with E-state index in [1.807, 2.05) is 11.8 Å². The van der Waals surface area contributed by atoms with Crippen LogP contribution in [0.25, 0.3) is 0 Å². The molecule has 1 aromatic heterocycles. The molecule has 0 saturated heterocycles. The van der Waals surface area contributed by atoms with E-state index in [1.54, 1.807) is 0 Å². The van der Waals surface area contributed by atoms with Gasteiger partial charge in [0.25, 0.3) is 5.91 Å². The zero-order valence-electron chi connectivity index (χ0n) is 11.2. The minimum absolute atomic E-state index is 0.0132. The summed E-state index contributed by atoms with van der Waals surface area (Å²) in [6.45, 7) is 10.2. The second kappa shape index (κ2) is 6.10. The lowest BCUT2D eigenvalue weighted by Gasteiger charge is -2.33.